The number of fused-ring (bicyclic) bond motifs is 2. The number of ether oxygens (including phenoxy) is 1. The molecule has 1 saturated heterocycles. The molecule has 3 aromatic rings. The molecule has 0 N–H and O–H groups in total. The van der Waals surface area contributed by atoms with Crippen molar-refractivity contribution in [2.45, 2.75) is 44.2 Å². The molecule has 6 heteroatoms. The second-order valence-electron chi connectivity index (χ2n) is 9.59. The SMILES string of the molecule is COCCN1C(=O)c2ccccc2[C@H](C(=O)N2CCCC[C@H]2C)[C@H]1c1cn(C)c2ccccc12. The smallest absolute Gasteiger partial charge is 0.254 e. The standard InChI is InChI=1S/C28H33N3O3/c1-19-10-8-9-15-30(19)28(33)25-21-12-4-5-13-22(21)27(32)31(16-17-34-3)26(25)23-18-29(2)24-14-7-6-11-20(23)24/h4-7,11-14,18-19,25-26H,8-10,15-17H2,1-3H3/t19-,25+,26-/m1/s1. The van der Waals surface area contributed by atoms with Crippen molar-refractivity contribution in [1.82, 2.24) is 14.4 Å². The van der Waals surface area contributed by atoms with E-state index in [1.165, 1.54) is 0 Å². The number of benzene rings is 2. The van der Waals surface area contributed by atoms with Crippen molar-refractivity contribution < 1.29 is 14.3 Å². The summed E-state index contributed by atoms with van der Waals surface area (Å²) in [4.78, 5) is 32.0. The number of aromatic nitrogens is 1. The van der Waals surface area contributed by atoms with Gasteiger partial charge in [0.2, 0.25) is 5.91 Å². The lowest BCUT2D eigenvalue weighted by atomic mass is 9.78. The normalized spacial score (nSPS) is 22.8. The Morgan fingerprint density at radius 2 is 1.82 bits per heavy atom. The van der Waals surface area contributed by atoms with Crippen molar-refractivity contribution in [3.63, 3.8) is 0 Å². The van der Waals surface area contributed by atoms with E-state index >= 15 is 0 Å². The molecular formula is C28H33N3O3. The van der Waals surface area contributed by atoms with E-state index in [1.54, 1.807) is 7.11 Å². The summed E-state index contributed by atoms with van der Waals surface area (Å²) in [7, 11) is 3.67. The Bertz CT molecular complexity index is 1220. The zero-order valence-corrected chi connectivity index (χ0v) is 20.2. The summed E-state index contributed by atoms with van der Waals surface area (Å²) in [5, 5.41) is 1.08. The van der Waals surface area contributed by atoms with Crippen LogP contribution in [0.15, 0.2) is 54.7 Å². The highest BCUT2D eigenvalue weighted by molar-refractivity contribution is 6.02. The maximum absolute atomic E-state index is 14.3. The number of carbonyl (C=O) groups is 2. The minimum Gasteiger partial charge on any atom is -0.383 e. The number of amides is 2. The molecule has 0 saturated carbocycles. The third kappa shape index (κ3) is 3.70. The van der Waals surface area contributed by atoms with E-state index in [1.807, 2.05) is 53.2 Å². The first kappa shape index (κ1) is 22.7. The average Bonchev–Trinajstić information content (AvgIpc) is 3.19. The molecule has 0 unspecified atom stereocenters. The summed E-state index contributed by atoms with van der Waals surface area (Å²) in [6.45, 7) is 3.76. The van der Waals surface area contributed by atoms with Gasteiger partial charge >= 0.3 is 0 Å². The van der Waals surface area contributed by atoms with Gasteiger partial charge in [0.1, 0.15) is 0 Å². The number of piperidine rings is 1. The Hall–Kier alpha value is -3.12. The Labute approximate surface area is 201 Å². The highest BCUT2D eigenvalue weighted by Gasteiger charge is 2.46. The molecule has 34 heavy (non-hydrogen) atoms. The maximum Gasteiger partial charge on any atom is 0.254 e. The molecule has 0 bridgehead atoms. The number of aryl methyl sites for hydroxylation is 1. The molecule has 5 rings (SSSR count). The molecule has 2 aliphatic rings. The van der Waals surface area contributed by atoms with Gasteiger partial charge in [0.15, 0.2) is 0 Å². The molecule has 1 aromatic heterocycles. The summed E-state index contributed by atoms with van der Waals surface area (Å²) in [6.07, 6.45) is 5.29. The molecule has 0 spiro atoms. The first-order chi connectivity index (χ1) is 16.5. The van der Waals surface area contributed by atoms with Crippen LogP contribution in [0.2, 0.25) is 0 Å². The predicted octanol–water partition coefficient (Wildman–Crippen LogP) is 4.51. The highest BCUT2D eigenvalue weighted by Crippen LogP contribution is 2.46. The van der Waals surface area contributed by atoms with E-state index < -0.39 is 12.0 Å². The molecule has 178 valence electrons. The van der Waals surface area contributed by atoms with E-state index in [0.29, 0.717) is 18.7 Å². The van der Waals surface area contributed by atoms with Gasteiger partial charge < -0.3 is 19.1 Å². The first-order valence-electron chi connectivity index (χ1n) is 12.3. The van der Waals surface area contributed by atoms with Gasteiger partial charge in [-0.05, 0) is 43.9 Å². The fourth-order valence-corrected chi connectivity index (χ4v) is 5.85. The van der Waals surface area contributed by atoms with Crippen molar-refractivity contribution >= 4 is 22.7 Å². The van der Waals surface area contributed by atoms with E-state index in [9.17, 15) is 9.59 Å². The lowest BCUT2D eigenvalue weighted by Crippen LogP contribution is -2.51. The molecule has 0 radical (unpaired) electrons. The number of likely N-dealkylation sites (tertiary alicyclic amines) is 1. The van der Waals surface area contributed by atoms with Gasteiger partial charge in [-0.1, -0.05) is 36.4 Å². The van der Waals surface area contributed by atoms with E-state index in [0.717, 1.165) is 47.8 Å². The van der Waals surface area contributed by atoms with Gasteiger partial charge in [-0.3, -0.25) is 9.59 Å². The molecule has 3 heterocycles. The minimum atomic E-state index is -0.461. The third-order valence-corrected chi connectivity index (χ3v) is 7.57. The van der Waals surface area contributed by atoms with Crippen LogP contribution < -0.4 is 0 Å². The van der Waals surface area contributed by atoms with Gasteiger partial charge in [0.25, 0.3) is 5.91 Å². The maximum atomic E-state index is 14.3. The summed E-state index contributed by atoms with van der Waals surface area (Å²) in [5.41, 5.74) is 3.56. The number of hydrogen-bond donors (Lipinski definition) is 0. The van der Waals surface area contributed by atoms with Crippen LogP contribution in [0.1, 0.15) is 59.6 Å². The fraction of sp³-hybridized carbons (Fsp3) is 0.429. The Morgan fingerprint density at radius 3 is 2.62 bits per heavy atom. The van der Waals surface area contributed by atoms with Crippen molar-refractivity contribution in [2.75, 3.05) is 26.8 Å². The topological polar surface area (TPSA) is 54.8 Å². The molecule has 1 fully saturated rings. The van der Waals surface area contributed by atoms with Crippen molar-refractivity contribution in [3.05, 3.63) is 71.4 Å². The molecular weight excluding hydrogens is 426 g/mol. The Kier molecular flexibility index (Phi) is 6.17. The lowest BCUT2D eigenvalue weighted by Gasteiger charge is -2.44. The van der Waals surface area contributed by atoms with Crippen molar-refractivity contribution in [3.8, 4) is 0 Å². The highest BCUT2D eigenvalue weighted by atomic mass is 16.5. The van der Waals surface area contributed by atoms with Crippen molar-refractivity contribution in [2.24, 2.45) is 7.05 Å². The van der Waals surface area contributed by atoms with Gasteiger partial charge in [-0.15, -0.1) is 0 Å². The van der Waals surface area contributed by atoms with Crippen LogP contribution in [-0.4, -0.2) is 59.0 Å². The number of carbonyl (C=O) groups excluding carboxylic acids is 2. The largest absolute Gasteiger partial charge is 0.383 e. The Balaban J connectivity index is 1.72. The van der Waals surface area contributed by atoms with Crippen molar-refractivity contribution in [1.29, 1.82) is 0 Å². The molecule has 2 amide bonds. The quantitative estimate of drug-likeness (QED) is 0.564. The van der Waals surface area contributed by atoms with E-state index in [4.69, 9.17) is 4.74 Å². The lowest BCUT2D eigenvalue weighted by molar-refractivity contribution is -0.138. The summed E-state index contributed by atoms with van der Waals surface area (Å²) < 4.78 is 7.48. The zero-order valence-electron chi connectivity index (χ0n) is 20.2. The second kappa shape index (κ2) is 9.26. The van der Waals surface area contributed by atoms with Crippen LogP contribution in [0.5, 0.6) is 0 Å². The van der Waals surface area contributed by atoms with Gasteiger partial charge in [0, 0.05) is 61.5 Å². The minimum absolute atomic E-state index is 0.0404. The molecule has 6 nitrogen and oxygen atoms in total. The second-order valence-corrected chi connectivity index (χ2v) is 9.59. The van der Waals surface area contributed by atoms with Gasteiger partial charge in [-0.2, -0.15) is 0 Å². The molecule has 0 aliphatic carbocycles. The number of hydrogen-bond acceptors (Lipinski definition) is 3. The third-order valence-electron chi connectivity index (χ3n) is 7.57. The first-order valence-corrected chi connectivity index (χ1v) is 12.3. The Morgan fingerprint density at radius 1 is 1.06 bits per heavy atom. The van der Waals surface area contributed by atoms with Crippen LogP contribution in [0.3, 0.4) is 0 Å². The molecule has 2 aromatic carbocycles. The van der Waals surface area contributed by atoms with E-state index in [2.05, 4.69) is 29.8 Å². The summed E-state index contributed by atoms with van der Waals surface area (Å²) in [5.74, 6) is -0.383. The number of nitrogens with zero attached hydrogens (tertiary/aromatic N) is 3. The predicted molar refractivity (Wildman–Crippen MR) is 133 cm³/mol. The molecule has 2 aliphatic heterocycles. The number of para-hydroxylation sites is 1. The van der Waals surface area contributed by atoms with E-state index in [-0.39, 0.29) is 17.9 Å². The number of methoxy groups -OCH3 is 1. The fourth-order valence-electron chi connectivity index (χ4n) is 5.85. The van der Waals surface area contributed by atoms with Crippen LogP contribution in [0, 0.1) is 0 Å². The van der Waals surface area contributed by atoms with Gasteiger partial charge in [-0.25, -0.2) is 0 Å². The van der Waals surface area contributed by atoms with Crippen LogP contribution >= 0.6 is 0 Å². The number of rotatable bonds is 5. The summed E-state index contributed by atoms with van der Waals surface area (Å²) in [6, 6.07) is 15.7. The van der Waals surface area contributed by atoms with Crippen LogP contribution in [0.25, 0.3) is 10.9 Å². The average molecular weight is 460 g/mol. The molecule has 3 atom stereocenters. The monoisotopic (exact) mass is 459 g/mol. The summed E-state index contributed by atoms with van der Waals surface area (Å²) >= 11 is 0. The van der Waals surface area contributed by atoms with Gasteiger partial charge in [0.05, 0.1) is 18.6 Å². The van der Waals surface area contributed by atoms with Crippen LogP contribution in [0.4, 0.5) is 0 Å². The van der Waals surface area contributed by atoms with Crippen LogP contribution in [-0.2, 0) is 16.6 Å². The zero-order chi connectivity index (χ0) is 23.8.